The maximum Gasteiger partial charge on any atom is 3.00 e. The van der Waals surface area contributed by atoms with Gasteiger partial charge in [0, 0.05) is 9.52 Å². The molecule has 0 fully saturated rings. The van der Waals surface area contributed by atoms with Gasteiger partial charge >= 0.3 is 26.2 Å². The summed E-state index contributed by atoms with van der Waals surface area (Å²) in [5, 5.41) is 2.69. The second-order valence-corrected chi connectivity index (χ2v) is 5.71. The van der Waals surface area contributed by atoms with Crippen LogP contribution in [0.15, 0.2) is 60.7 Å². The van der Waals surface area contributed by atoms with Crippen LogP contribution in [0.2, 0.25) is 13.1 Å². The van der Waals surface area contributed by atoms with E-state index >= 15 is 0 Å². The molecule has 113 valence electrons. The summed E-state index contributed by atoms with van der Waals surface area (Å²) < 4.78 is 0. The van der Waals surface area contributed by atoms with Crippen LogP contribution in [0.3, 0.4) is 0 Å². The van der Waals surface area contributed by atoms with E-state index in [1.54, 1.807) is 0 Å². The Morgan fingerprint density at radius 1 is 0.864 bits per heavy atom. The van der Waals surface area contributed by atoms with Crippen molar-refractivity contribution in [2.24, 2.45) is 0 Å². The second-order valence-electron chi connectivity index (χ2n) is 4.71. The van der Waals surface area contributed by atoms with Gasteiger partial charge < -0.3 is 24.8 Å². The smallest absolute Gasteiger partial charge is 1.00 e. The van der Waals surface area contributed by atoms with Crippen LogP contribution in [0.4, 0.5) is 0 Å². The summed E-state index contributed by atoms with van der Waals surface area (Å²) >= 11 is 0. The van der Waals surface area contributed by atoms with Gasteiger partial charge in [-0.05, 0) is 5.56 Å². The van der Waals surface area contributed by atoms with E-state index in [4.69, 9.17) is 0 Å². The third kappa shape index (κ3) is 6.08. The molecule has 3 aromatic rings. The molecule has 0 aliphatic heterocycles. The molecule has 0 bridgehead atoms. The summed E-state index contributed by atoms with van der Waals surface area (Å²) in [6, 6.07) is 21.6. The van der Waals surface area contributed by atoms with Crippen molar-refractivity contribution in [3.8, 4) is 11.1 Å². The van der Waals surface area contributed by atoms with Gasteiger partial charge in [0.15, 0.2) is 0 Å². The van der Waals surface area contributed by atoms with E-state index < -0.39 is 0 Å². The average Bonchev–Trinajstić information content (AvgIpc) is 2.80. The van der Waals surface area contributed by atoms with Gasteiger partial charge in [-0.3, -0.25) is 0 Å². The second kappa shape index (κ2) is 12.2. The number of hydrogen-bond acceptors (Lipinski definition) is 0. The molecule has 0 unspecified atom stereocenters. The fourth-order valence-electron chi connectivity index (χ4n) is 2.25. The van der Waals surface area contributed by atoms with E-state index in [9.17, 15) is 0 Å². The normalized spacial score (nSPS) is 8.68. The van der Waals surface area contributed by atoms with Crippen molar-refractivity contribution in [2.75, 3.05) is 0 Å². The van der Waals surface area contributed by atoms with Crippen LogP contribution in [0.5, 0.6) is 0 Å². The number of halogens is 2. The van der Waals surface area contributed by atoms with Gasteiger partial charge in [0.25, 0.3) is 0 Å². The van der Waals surface area contributed by atoms with Crippen LogP contribution in [-0.4, -0.2) is 9.52 Å². The summed E-state index contributed by atoms with van der Waals surface area (Å²) in [7, 11) is 1.08. The molecule has 0 heterocycles. The van der Waals surface area contributed by atoms with E-state index in [0.717, 1.165) is 9.52 Å². The monoisotopic (exact) mass is 423 g/mol. The zero-order chi connectivity index (χ0) is 13.7. The Morgan fingerprint density at radius 2 is 1.45 bits per heavy atom. The van der Waals surface area contributed by atoms with Crippen LogP contribution < -0.4 is 24.8 Å². The van der Waals surface area contributed by atoms with Crippen LogP contribution in [0.1, 0.15) is 5.56 Å². The predicted molar refractivity (Wildman–Crippen MR) is 87.2 cm³/mol. The van der Waals surface area contributed by atoms with E-state index in [2.05, 4.69) is 80.7 Å². The van der Waals surface area contributed by atoms with Crippen LogP contribution >= 0.6 is 0 Å². The number of benzene rings is 2. The fourth-order valence-corrected chi connectivity index (χ4v) is 2.25. The molecule has 4 heteroatoms. The molecule has 0 nitrogen and oxygen atoms in total. The number of hydrogen-bond donors (Lipinski definition) is 0. The molecule has 3 radical (unpaired) electrons. The minimum atomic E-state index is 0. The molecule has 0 spiro atoms. The van der Waals surface area contributed by atoms with E-state index in [0.29, 0.717) is 0 Å². The first-order valence-corrected chi connectivity index (χ1v) is 8.56. The van der Waals surface area contributed by atoms with Crippen molar-refractivity contribution in [3.05, 3.63) is 66.2 Å². The van der Waals surface area contributed by atoms with Crippen molar-refractivity contribution in [3.63, 3.8) is 0 Å². The minimum Gasteiger partial charge on any atom is -1.00 e. The first-order valence-electron chi connectivity index (χ1n) is 6.56. The Bertz CT molecular complexity index is 651. The molecule has 3 rings (SSSR count). The molecular formula is C18H19Cl2SiZr. The zero-order valence-corrected chi connectivity index (χ0v) is 18.0. The Hall–Kier alpha value is -0.270. The van der Waals surface area contributed by atoms with Gasteiger partial charge in [-0.2, -0.15) is 6.07 Å². The SMILES string of the molecule is C[Si]C.Cc1cc2c(-c3ccccc3)cccc2[cH-]1.[Cl-].[Cl-].[Zr+3]. The topological polar surface area (TPSA) is 0 Å². The molecule has 0 aliphatic carbocycles. The molecule has 0 N–H and O–H groups in total. The largest absolute Gasteiger partial charge is 3.00 e. The third-order valence-electron chi connectivity index (χ3n) is 2.98. The first kappa shape index (κ1) is 24.0. The standard InChI is InChI=1S/C16H13.C2H6Si.2ClH.Zr/c1-12-10-14-8-5-9-15(16(14)11-12)13-6-3-2-4-7-13;1-3-2;;;/h2-11H,1H3;1-2H3;2*1H;/q-1;;;;+3/p-2. The van der Waals surface area contributed by atoms with E-state index in [-0.39, 0.29) is 51.0 Å². The molecule has 0 saturated heterocycles. The van der Waals surface area contributed by atoms with Crippen LogP contribution in [-0.2, 0) is 26.2 Å². The molecule has 3 aromatic carbocycles. The fraction of sp³-hybridized carbons (Fsp3) is 0.167. The number of rotatable bonds is 1. The van der Waals surface area contributed by atoms with Gasteiger partial charge in [-0.25, -0.2) is 0 Å². The average molecular weight is 426 g/mol. The molecule has 22 heavy (non-hydrogen) atoms. The zero-order valence-electron chi connectivity index (χ0n) is 13.0. The Morgan fingerprint density at radius 3 is 2.05 bits per heavy atom. The minimum absolute atomic E-state index is 0. The van der Waals surface area contributed by atoms with Gasteiger partial charge in [0.1, 0.15) is 0 Å². The Balaban J connectivity index is 0. The van der Waals surface area contributed by atoms with Gasteiger partial charge in [-0.15, -0.1) is 34.5 Å². The van der Waals surface area contributed by atoms with Crippen molar-refractivity contribution in [2.45, 2.75) is 20.0 Å². The first-order chi connectivity index (χ1) is 9.26. The summed E-state index contributed by atoms with van der Waals surface area (Å²) in [5.74, 6) is 0. The Labute approximate surface area is 167 Å². The summed E-state index contributed by atoms with van der Waals surface area (Å²) in [4.78, 5) is 0. The molecule has 0 aliphatic rings. The van der Waals surface area contributed by atoms with Gasteiger partial charge in [0.05, 0.1) is 0 Å². The molecule has 0 atom stereocenters. The van der Waals surface area contributed by atoms with E-state index in [1.165, 1.54) is 27.5 Å². The third-order valence-corrected chi connectivity index (χ3v) is 2.98. The van der Waals surface area contributed by atoms with Crippen molar-refractivity contribution in [1.82, 2.24) is 0 Å². The Kier molecular flexibility index (Phi) is 13.3. The summed E-state index contributed by atoms with van der Waals surface area (Å²) in [6.07, 6.45) is 0. The van der Waals surface area contributed by atoms with Crippen molar-refractivity contribution in [1.29, 1.82) is 0 Å². The maximum absolute atomic E-state index is 2.26. The van der Waals surface area contributed by atoms with Crippen molar-refractivity contribution < 1.29 is 51.0 Å². The maximum atomic E-state index is 2.26. The molecule has 0 aromatic heterocycles. The van der Waals surface area contributed by atoms with Crippen LogP contribution in [0.25, 0.3) is 21.9 Å². The van der Waals surface area contributed by atoms with Gasteiger partial charge in [-0.1, -0.05) is 62.0 Å². The summed E-state index contributed by atoms with van der Waals surface area (Å²) in [6.45, 7) is 6.45. The van der Waals surface area contributed by atoms with Gasteiger partial charge in [0.2, 0.25) is 0 Å². The van der Waals surface area contributed by atoms with E-state index in [1.807, 2.05) is 0 Å². The molecule has 0 saturated carbocycles. The van der Waals surface area contributed by atoms with Crippen molar-refractivity contribution >= 4 is 20.3 Å². The van der Waals surface area contributed by atoms with Crippen LogP contribution in [0, 0.1) is 6.92 Å². The quantitative estimate of drug-likeness (QED) is 0.358. The predicted octanol–water partition coefficient (Wildman–Crippen LogP) is -0.674. The molecular weight excluding hydrogens is 406 g/mol. The summed E-state index contributed by atoms with van der Waals surface area (Å²) in [5.41, 5.74) is 3.95. The number of fused-ring (bicyclic) bond motifs is 1. The number of aryl methyl sites for hydroxylation is 1. The molecule has 0 amide bonds.